The standard InChI is InChI=1S/C66H45NO2/c1-68-54-41-32-45(33-42-54)44-26-35-51(36-27-44)67(53-39-30-48(31-40-53)57-22-12-23-58-59-43-34-46-14-8-9-19-56(46)65(59)69-64(57)58)52-37-28-47(29-38-52)55-21-13-25-62-63(55)60-20-10-11-24-61(60)66(62,49-15-4-2-5-16-49)50-17-6-3-7-18-50/h2-43H,1H3. The largest absolute Gasteiger partial charge is 0.497 e. The highest BCUT2D eigenvalue weighted by atomic mass is 16.5. The lowest BCUT2D eigenvalue weighted by Gasteiger charge is -2.34. The van der Waals surface area contributed by atoms with Crippen molar-refractivity contribution in [3.63, 3.8) is 0 Å². The Balaban J connectivity index is 0.919. The number of benzene rings is 11. The Morgan fingerprint density at radius 1 is 0.348 bits per heavy atom. The van der Waals surface area contributed by atoms with E-state index in [4.69, 9.17) is 9.15 Å². The van der Waals surface area contributed by atoms with Crippen LogP contribution in [0.3, 0.4) is 0 Å². The number of hydrogen-bond donors (Lipinski definition) is 0. The van der Waals surface area contributed by atoms with Crippen molar-refractivity contribution in [1.82, 2.24) is 0 Å². The van der Waals surface area contributed by atoms with Crippen molar-refractivity contribution in [2.75, 3.05) is 12.0 Å². The molecule has 1 heterocycles. The molecule has 11 aromatic carbocycles. The first-order valence-electron chi connectivity index (χ1n) is 23.6. The number of rotatable bonds is 9. The minimum atomic E-state index is -0.463. The second-order valence-corrected chi connectivity index (χ2v) is 17.9. The van der Waals surface area contributed by atoms with Crippen LogP contribution in [-0.2, 0) is 5.41 Å². The summed E-state index contributed by atoms with van der Waals surface area (Å²) in [5.74, 6) is 0.842. The normalized spacial score (nSPS) is 12.5. The topological polar surface area (TPSA) is 25.6 Å². The zero-order chi connectivity index (χ0) is 45.9. The van der Waals surface area contributed by atoms with Gasteiger partial charge in [-0.05, 0) is 121 Å². The van der Waals surface area contributed by atoms with Gasteiger partial charge in [0, 0.05) is 38.8 Å². The molecule has 0 spiro atoms. The summed E-state index contributed by atoms with van der Waals surface area (Å²) >= 11 is 0. The van der Waals surface area contributed by atoms with Gasteiger partial charge in [0.2, 0.25) is 0 Å². The van der Waals surface area contributed by atoms with Crippen LogP contribution in [0.4, 0.5) is 17.1 Å². The van der Waals surface area contributed by atoms with Crippen LogP contribution in [-0.4, -0.2) is 7.11 Å². The van der Waals surface area contributed by atoms with E-state index in [9.17, 15) is 0 Å². The van der Waals surface area contributed by atoms with Crippen LogP contribution in [0.5, 0.6) is 5.75 Å². The highest BCUT2D eigenvalue weighted by Crippen LogP contribution is 2.58. The molecule has 12 aromatic rings. The van der Waals surface area contributed by atoms with E-state index < -0.39 is 5.41 Å². The third-order valence-electron chi connectivity index (χ3n) is 14.3. The molecule has 0 fully saturated rings. The Bertz CT molecular complexity index is 3800. The van der Waals surface area contributed by atoms with Crippen molar-refractivity contribution in [3.05, 3.63) is 277 Å². The fraction of sp³-hybridized carbons (Fsp3) is 0.0303. The molecule has 326 valence electrons. The monoisotopic (exact) mass is 883 g/mol. The summed E-state index contributed by atoms with van der Waals surface area (Å²) in [5, 5.41) is 4.55. The van der Waals surface area contributed by atoms with Gasteiger partial charge in [-0.1, -0.05) is 200 Å². The van der Waals surface area contributed by atoms with Gasteiger partial charge in [0.15, 0.2) is 0 Å². The van der Waals surface area contributed by atoms with Gasteiger partial charge in [0.05, 0.1) is 12.5 Å². The van der Waals surface area contributed by atoms with E-state index in [1.165, 1.54) is 49.9 Å². The van der Waals surface area contributed by atoms with E-state index in [1.54, 1.807) is 7.11 Å². The van der Waals surface area contributed by atoms with E-state index in [0.717, 1.165) is 72.4 Å². The van der Waals surface area contributed by atoms with Crippen molar-refractivity contribution in [3.8, 4) is 50.3 Å². The molecule has 3 heteroatoms. The predicted octanol–water partition coefficient (Wildman–Crippen LogP) is 17.6. The van der Waals surface area contributed by atoms with Crippen molar-refractivity contribution in [1.29, 1.82) is 0 Å². The van der Waals surface area contributed by atoms with Gasteiger partial charge < -0.3 is 14.1 Å². The molecule has 3 nitrogen and oxygen atoms in total. The molecule has 0 radical (unpaired) electrons. The van der Waals surface area contributed by atoms with Gasteiger partial charge in [0.1, 0.15) is 16.9 Å². The van der Waals surface area contributed by atoms with E-state index in [0.29, 0.717) is 0 Å². The Labute approximate surface area is 401 Å². The second-order valence-electron chi connectivity index (χ2n) is 17.9. The van der Waals surface area contributed by atoms with E-state index in [2.05, 4.69) is 248 Å². The summed E-state index contributed by atoms with van der Waals surface area (Å²) in [7, 11) is 1.70. The summed E-state index contributed by atoms with van der Waals surface area (Å²) in [6, 6.07) is 92.2. The summed E-state index contributed by atoms with van der Waals surface area (Å²) in [5.41, 5.74) is 19.0. The first kappa shape index (κ1) is 40.4. The van der Waals surface area contributed by atoms with Gasteiger partial charge in [-0.25, -0.2) is 0 Å². The van der Waals surface area contributed by atoms with Crippen molar-refractivity contribution >= 4 is 49.8 Å². The lowest BCUT2D eigenvalue weighted by atomic mass is 9.67. The summed E-state index contributed by atoms with van der Waals surface area (Å²) in [6.45, 7) is 0. The molecule has 0 saturated heterocycles. The third-order valence-corrected chi connectivity index (χ3v) is 14.3. The molecular weight excluding hydrogens is 839 g/mol. The van der Waals surface area contributed by atoms with Crippen LogP contribution in [0.15, 0.2) is 259 Å². The Morgan fingerprint density at radius 2 is 0.826 bits per heavy atom. The summed E-state index contributed by atoms with van der Waals surface area (Å²) in [6.07, 6.45) is 0. The van der Waals surface area contributed by atoms with Gasteiger partial charge in [-0.3, -0.25) is 0 Å². The van der Waals surface area contributed by atoms with E-state index in [1.807, 2.05) is 12.1 Å². The zero-order valence-electron chi connectivity index (χ0n) is 38.0. The smallest absolute Gasteiger partial charge is 0.143 e. The second kappa shape index (κ2) is 16.4. The Morgan fingerprint density at radius 3 is 1.48 bits per heavy atom. The molecule has 1 aliphatic carbocycles. The average Bonchev–Trinajstić information content (AvgIpc) is 3.97. The van der Waals surface area contributed by atoms with Crippen LogP contribution in [0, 0.1) is 0 Å². The van der Waals surface area contributed by atoms with Crippen molar-refractivity contribution in [2.24, 2.45) is 0 Å². The summed E-state index contributed by atoms with van der Waals surface area (Å²) in [4.78, 5) is 2.35. The maximum absolute atomic E-state index is 6.76. The molecule has 69 heavy (non-hydrogen) atoms. The van der Waals surface area contributed by atoms with Crippen LogP contribution in [0.2, 0.25) is 0 Å². The Hall–Kier alpha value is -8.92. The highest BCUT2D eigenvalue weighted by Gasteiger charge is 2.46. The molecule has 0 N–H and O–H groups in total. The highest BCUT2D eigenvalue weighted by molar-refractivity contribution is 6.17. The first-order chi connectivity index (χ1) is 34.2. The molecule has 0 saturated carbocycles. The van der Waals surface area contributed by atoms with Gasteiger partial charge in [-0.2, -0.15) is 0 Å². The number of ether oxygens (including phenoxy) is 1. The van der Waals surface area contributed by atoms with Crippen LogP contribution < -0.4 is 9.64 Å². The SMILES string of the molecule is COc1ccc(-c2ccc(N(c3ccc(-c4cccc5c4-c4ccccc4C5(c4ccccc4)c4ccccc4)cc3)c3ccc(-c4cccc5c4oc4c6ccccc6ccc54)cc3)cc2)cc1. The third kappa shape index (κ3) is 6.50. The molecule has 0 aliphatic heterocycles. The fourth-order valence-corrected chi connectivity index (χ4v) is 11.1. The number of fused-ring (bicyclic) bond motifs is 8. The maximum Gasteiger partial charge on any atom is 0.143 e. The number of hydrogen-bond acceptors (Lipinski definition) is 3. The number of methoxy groups -OCH3 is 1. The van der Waals surface area contributed by atoms with Gasteiger partial charge in [-0.15, -0.1) is 0 Å². The quantitative estimate of drug-likeness (QED) is 0.144. The average molecular weight is 884 g/mol. The van der Waals surface area contributed by atoms with E-state index in [-0.39, 0.29) is 0 Å². The number of furan rings is 1. The summed E-state index contributed by atoms with van der Waals surface area (Å²) < 4.78 is 12.2. The van der Waals surface area contributed by atoms with Crippen LogP contribution in [0.1, 0.15) is 22.3 Å². The lowest BCUT2D eigenvalue weighted by molar-refractivity contribution is 0.415. The molecule has 0 unspecified atom stereocenters. The van der Waals surface area contributed by atoms with Crippen LogP contribution >= 0.6 is 0 Å². The molecule has 0 bridgehead atoms. The lowest BCUT2D eigenvalue weighted by Crippen LogP contribution is -2.28. The zero-order valence-corrected chi connectivity index (χ0v) is 38.0. The minimum absolute atomic E-state index is 0.463. The molecule has 0 amide bonds. The van der Waals surface area contributed by atoms with Crippen molar-refractivity contribution in [2.45, 2.75) is 5.41 Å². The predicted molar refractivity (Wildman–Crippen MR) is 286 cm³/mol. The van der Waals surface area contributed by atoms with Crippen LogP contribution in [0.25, 0.3) is 77.2 Å². The van der Waals surface area contributed by atoms with E-state index >= 15 is 0 Å². The number of nitrogens with zero attached hydrogens (tertiary/aromatic N) is 1. The first-order valence-corrected chi connectivity index (χ1v) is 23.6. The van der Waals surface area contributed by atoms with Crippen molar-refractivity contribution < 1.29 is 9.15 Å². The molecule has 1 aliphatic rings. The molecule has 13 rings (SSSR count). The van der Waals surface area contributed by atoms with Gasteiger partial charge in [0.25, 0.3) is 0 Å². The van der Waals surface area contributed by atoms with Gasteiger partial charge >= 0.3 is 0 Å². The maximum atomic E-state index is 6.76. The fourth-order valence-electron chi connectivity index (χ4n) is 11.1. The minimum Gasteiger partial charge on any atom is -0.497 e. The number of anilines is 3. The molecular formula is C66H45NO2. The Kier molecular flexibility index (Phi) is 9.62. The molecule has 1 aromatic heterocycles. The number of para-hydroxylation sites is 1. The molecule has 0 atom stereocenters.